The Morgan fingerprint density at radius 3 is 0.790 bits per heavy atom. The van der Waals surface area contributed by atoms with Crippen LogP contribution < -0.4 is 9.80 Å². The predicted molar refractivity (Wildman–Crippen MR) is 527 cm³/mol. The van der Waals surface area contributed by atoms with E-state index >= 15 is 0 Å². The first-order chi connectivity index (χ1) is 60.9. The smallest absolute Gasteiger partial charge is 0.0541 e. The van der Waals surface area contributed by atoms with Crippen LogP contribution in [0.3, 0.4) is 0 Å². The number of hydrogen-bond donors (Lipinski definition) is 0. The van der Waals surface area contributed by atoms with Crippen LogP contribution in [-0.4, -0.2) is 9.13 Å². The average molecular weight is 1590 g/mol. The third-order valence-corrected chi connectivity index (χ3v) is 26.9. The van der Waals surface area contributed by atoms with Gasteiger partial charge in [-0.2, -0.15) is 0 Å². The zero-order chi connectivity index (χ0) is 83.1. The second-order valence-corrected chi connectivity index (χ2v) is 34.8. The number of nitrogens with zero attached hydrogens (tertiary/aromatic N) is 4. The summed E-state index contributed by atoms with van der Waals surface area (Å²) in [6.45, 7) is 13.9. The Labute approximate surface area is 723 Å². The molecule has 22 aromatic rings. The molecule has 0 unspecified atom stereocenters. The van der Waals surface area contributed by atoms with E-state index in [1.807, 2.05) is 0 Å². The molecule has 0 atom stereocenters. The second-order valence-electron chi connectivity index (χ2n) is 34.8. The lowest BCUT2D eigenvalue weighted by Gasteiger charge is -2.26. The van der Waals surface area contributed by atoms with Gasteiger partial charge in [0.05, 0.1) is 22.1 Å². The van der Waals surface area contributed by atoms with E-state index in [1.165, 1.54) is 187 Å². The van der Waals surface area contributed by atoms with Gasteiger partial charge in [0.25, 0.3) is 0 Å². The normalized spacial score (nSPS) is 12.9. The molecule has 588 valence electrons. The van der Waals surface area contributed by atoms with Gasteiger partial charge >= 0.3 is 0 Å². The summed E-state index contributed by atoms with van der Waals surface area (Å²) in [5.41, 5.74) is 37.2. The average Bonchev–Trinajstić information content (AvgIpc) is 1.14. The molecule has 0 spiro atoms. The molecule has 4 nitrogen and oxygen atoms in total. The van der Waals surface area contributed by atoms with Crippen LogP contribution in [0.15, 0.2) is 425 Å². The third-order valence-electron chi connectivity index (χ3n) is 26.9. The van der Waals surface area contributed by atoms with Crippen molar-refractivity contribution >= 4 is 121 Å². The van der Waals surface area contributed by atoms with E-state index < -0.39 is 0 Å². The highest BCUT2D eigenvalue weighted by atomic mass is 15.1. The Hall–Kier alpha value is -15.4. The number of para-hydroxylation sites is 6. The number of hydrogen-bond acceptors (Lipinski definition) is 2. The van der Waals surface area contributed by atoms with Gasteiger partial charge in [0.1, 0.15) is 0 Å². The van der Waals surface area contributed by atoms with E-state index in [0.29, 0.717) is 0 Å². The molecule has 2 aliphatic carbocycles. The molecule has 124 heavy (non-hydrogen) atoms. The van der Waals surface area contributed by atoms with E-state index in [-0.39, 0.29) is 10.8 Å². The van der Waals surface area contributed by atoms with Gasteiger partial charge in [-0.15, -0.1) is 0 Å². The minimum atomic E-state index is -0.0762. The van der Waals surface area contributed by atoms with Crippen molar-refractivity contribution in [3.8, 4) is 78.1 Å². The summed E-state index contributed by atoms with van der Waals surface area (Å²) in [6, 6.07) is 157. The largest absolute Gasteiger partial charge is 0.311 e. The first-order valence-electron chi connectivity index (χ1n) is 43.4. The highest BCUT2D eigenvalue weighted by Gasteiger charge is 2.38. The van der Waals surface area contributed by atoms with Gasteiger partial charge < -0.3 is 18.9 Å². The summed E-state index contributed by atoms with van der Waals surface area (Å²) in [4.78, 5) is 4.71. The van der Waals surface area contributed by atoms with Crippen molar-refractivity contribution in [2.45, 2.75) is 52.4 Å². The number of anilines is 6. The molecule has 0 saturated carbocycles. The molecule has 0 amide bonds. The monoisotopic (exact) mass is 1580 g/mol. The lowest BCUT2D eigenvalue weighted by Crippen LogP contribution is -2.14. The fraction of sp³-hybridized carbons (Fsp3) is 0.0667. The summed E-state index contributed by atoms with van der Waals surface area (Å²) < 4.78 is 4.75. The van der Waals surface area contributed by atoms with Crippen molar-refractivity contribution in [3.05, 3.63) is 458 Å². The Kier molecular flexibility index (Phi) is 17.4. The van der Waals surface area contributed by atoms with Crippen LogP contribution in [0, 0.1) is 13.8 Å². The summed E-state index contributed by atoms with van der Waals surface area (Å²) >= 11 is 0. The first-order valence-corrected chi connectivity index (χ1v) is 43.4. The van der Waals surface area contributed by atoms with Gasteiger partial charge in [0.15, 0.2) is 0 Å². The molecule has 0 radical (unpaired) electrons. The van der Waals surface area contributed by atoms with Crippen LogP contribution >= 0.6 is 0 Å². The Balaban J connectivity index is 0.000000143. The number of fused-ring (bicyclic) bond motifs is 16. The van der Waals surface area contributed by atoms with E-state index in [9.17, 15) is 0 Å². The Morgan fingerprint density at radius 1 is 0.185 bits per heavy atom. The standard InChI is InChI=1S/2C60H44N2/c1-39-25-35-52-53(37-39)58(50-20-7-8-21-51(50)59(52)41-28-36-47-46-17-9-12-22-54(46)60(2,3)55(47)38-41)40-26-29-43(30-27-40)61(42-15-5-4-6-16-42)44-31-33-45(34-32-44)62-56-23-13-10-18-48(56)49-19-11-14-24-57(49)62;1-39-25-35-52-53(37-39)59(41-28-36-47-46-17-9-12-22-54(46)60(2,3)55(47)38-41)51-21-8-7-20-50(51)58(52)40-26-29-43(30-27-40)61(42-15-5-4-6-16-42)44-31-33-45(34-32-44)62-56-23-13-10-18-48(56)49-19-11-14-24-57(49)62/h2*4-38H,1-3H3. The van der Waals surface area contributed by atoms with Crippen molar-refractivity contribution in [1.29, 1.82) is 0 Å². The Bertz CT molecular complexity index is 7920. The molecule has 0 saturated heterocycles. The highest BCUT2D eigenvalue weighted by molar-refractivity contribution is 6.24. The first kappa shape index (κ1) is 73.8. The zero-order valence-corrected chi connectivity index (χ0v) is 70.2. The highest BCUT2D eigenvalue weighted by Crippen LogP contribution is 2.55. The Morgan fingerprint density at radius 2 is 0.435 bits per heavy atom. The van der Waals surface area contributed by atoms with Crippen molar-refractivity contribution in [2.75, 3.05) is 9.80 Å². The third kappa shape index (κ3) is 11.9. The van der Waals surface area contributed by atoms with Crippen molar-refractivity contribution in [1.82, 2.24) is 9.13 Å². The predicted octanol–water partition coefficient (Wildman–Crippen LogP) is 33.0. The fourth-order valence-corrected chi connectivity index (χ4v) is 21.1. The number of benzene rings is 20. The van der Waals surface area contributed by atoms with Crippen LogP contribution in [0.5, 0.6) is 0 Å². The SMILES string of the molecule is Cc1ccc2c(-c3ccc(N(c4ccccc4)c4ccc(-n5c6ccccc6c6ccccc65)cc4)cc3)c3ccccc3c(-c3ccc4c(c3)C(C)(C)c3ccccc3-4)c2c1.Cc1ccc2c(-c3ccc4c(c3)C(C)(C)c3ccccc3-4)c3ccccc3c(-c3ccc(N(c4ccccc4)c4ccc(-n5c6ccccc6c6ccccc65)cc4)cc3)c2c1. The van der Waals surface area contributed by atoms with E-state index in [4.69, 9.17) is 0 Å². The zero-order valence-electron chi connectivity index (χ0n) is 70.2. The molecule has 24 rings (SSSR count). The molecular weight excluding hydrogens is 1500 g/mol. The van der Waals surface area contributed by atoms with Gasteiger partial charge in [-0.3, -0.25) is 0 Å². The topological polar surface area (TPSA) is 16.3 Å². The van der Waals surface area contributed by atoms with Gasteiger partial charge in [-0.1, -0.05) is 330 Å². The molecule has 20 aromatic carbocycles. The van der Waals surface area contributed by atoms with E-state index in [0.717, 1.165) is 45.5 Å². The molecule has 2 aromatic heterocycles. The van der Waals surface area contributed by atoms with Crippen molar-refractivity contribution < 1.29 is 0 Å². The van der Waals surface area contributed by atoms with E-state index in [1.54, 1.807) is 0 Å². The molecule has 2 aliphatic rings. The molecule has 0 fully saturated rings. The summed E-state index contributed by atoms with van der Waals surface area (Å²) in [5, 5.41) is 15.2. The van der Waals surface area contributed by atoms with Crippen LogP contribution in [0.1, 0.15) is 61.1 Å². The quantitative estimate of drug-likeness (QED) is 0.113. The van der Waals surface area contributed by atoms with Crippen LogP contribution in [0.4, 0.5) is 34.1 Å². The molecular formula is C120H88N4. The maximum Gasteiger partial charge on any atom is 0.0541 e. The molecule has 0 N–H and O–H groups in total. The minimum absolute atomic E-state index is 0.0756. The van der Waals surface area contributed by atoms with Crippen LogP contribution in [0.2, 0.25) is 0 Å². The van der Waals surface area contributed by atoms with Gasteiger partial charge in [0, 0.05) is 77.9 Å². The summed E-state index contributed by atoms with van der Waals surface area (Å²) in [7, 11) is 0. The summed E-state index contributed by atoms with van der Waals surface area (Å²) in [5.74, 6) is 0. The number of aryl methyl sites for hydroxylation is 2. The lowest BCUT2D eigenvalue weighted by molar-refractivity contribution is 0.660. The van der Waals surface area contributed by atoms with Crippen molar-refractivity contribution in [3.63, 3.8) is 0 Å². The fourth-order valence-electron chi connectivity index (χ4n) is 21.1. The lowest BCUT2D eigenvalue weighted by atomic mass is 9.80. The molecule has 4 heteroatoms. The summed E-state index contributed by atoms with van der Waals surface area (Å²) in [6.07, 6.45) is 0. The molecule has 0 aliphatic heterocycles. The van der Waals surface area contributed by atoms with Gasteiger partial charge in [-0.25, -0.2) is 0 Å². The maximum atomic E-state index is 2.47. The van der Waals surface area contributed by atoms with Crippen LogP contribution in [0.25, 0.3) is 165 Å². The minimum Gasteiger partial charge on any atom is -0.311 e. The number of aromatic nitrogens is 2. The molecule has 0 bridgehead atoms. The van der Waals surface area contributed by atoms with Gasteiger partial charge in [-0.05, 0) is 279 Å². The van der Waals surface area contributed by atoms with Crippen LogP contribution in [-0.2, 0) is 10.8 Å². The molecule has 2 heterocycles. The number of rotatable bonds is 12. The van der Waals surface area contributed by atoms with E-state index in [2.05, 4.69) is 485 Å². The second kappa shape index (κ2) is 29.2. The maximum absolute atomic E-state index is 2.47. The van der Waals surface area contributed by atoms with Gasteiger partial charge in [0.2, 0.25) is 0 Å². The van der Waals surface area contributed by atoms with Crippen molar-refractivity contribution in [2.24, 2.45) is 0 Å².